The number of rotatable bonds is 4. The van der Waals surface area contributed by atoms with E-state index < -0.39 is 10.0 Å². The van der Waals surface area contributed by atoms with E-state index in [2.05, 4.69) is 21.2 Å². The van der Waals surface area contributed by atoms with Crippen molar-refractivity contribution in [2.75, 3.05) is 31.1 Å². The molecule has 0 atom stereocenters. The van der Waals surface area contributed by atoms with Crippen molar-refractivity contribution in [2.45, 2.75) is 19.3 Å². The van der Waals surface area contributed by atoms with E-state index in [-0.39, 0.29) is 0 Å². The Kier molecular flexibility index (Phi) is 4.74. The fourth-order valence-electron chi connectivity index (χ4n) is 3.46. The Morgan fingerprint density at radius 2 is 1.73 bits per heavy atom. The molecule has 26 heavy (non-hydrogen) atoms. The van der Waals surface area contributed by atoms with Gasteiger partial charge in [0.15, 0.2) is 5.82 Å². The van der Waals surface area contributed by atoms with Crippen molar-refractivity contribution < 1.29 is 8.42 Å². The van der Waals surface area contributed by atoms with Crippen LogP contribution < -0.4 is 4.90 Å². The van der Waals surface area contributed by atoms with E-state index in [9.17, 15) is 8.42 Å². The van der Waals surface area contributed by atoms with Gasteiger partial charge in [-0.1, -0.05) is 30.3 Å². The molecule has 0 bridgehead atoms. The van der Waals surface area contributed by atoms with Gasteiger partial charge < -0.3 is 4.90 Å². The first-order valence-electron chi connectivity index (χ1n) is 8.95. The van der Waals surface area contributed by atoms with Crippen LogP contribution in [0.5, 0.6) is 0 Å². The Hall–Kier alpha value is -2.25. The minimum absolute atomic E-state index is 0.459. The summed E-state index contributed by atoms with van der Waals surface area (Å²) in [7, 11) is -3.41. The Labute approximate surface area is 154 Å². The van der Waals surface area contributed by atoms with Crippen LogP contribution in [0.25, 0.3) is 6.08 Å². The third-order valence-corrected chi connectivity index (χ3v) is 6.53. The summed E-state index contributed by atoms with van der Waals surface area (Å²) in [5.41, 5.74) is 3.28. The second-order valence-electron chi connectivity index (χ2n) is 6.67. The fourth-order valence-corrected chi connectivity index (χ4v) is 4.63. The number of fused-ring (bicyclic) bond motifs is 1. The maximum Gasteiger partial charge on any atom is 0.236 e. The number of anilines is 1. The zero-order valence-corrected chi connectivity index (χ0v) is 15.4. The highest BCUT2D eigenvalue weighted by atomic mass is 32.2. The zero-order valence-electron chi connectivity index (χ0n) is 14.6. The van der Waals surface area contributed by atoms with Crippen LogP contribution in [0.15, 0.2) is 41.8 Å². The molecule has 0 amide bonds. The monoisotopic (exact) mass is 370 g/mol. The molecule has 0 unspecified atom stereocenters. The molecule has 1 aliphatic carbocycles. The zero-order chi connectivity index (χ0) is 18.0. The number of piperazine rings is 1. The topological polar surface area (TPSA) is 66.4 Å². The lowest BCUT2D eigenvalue weighted by Crippen LogP contribution is -2.48. The first-order valence-corrected chi connectivity index (χ1v) is 10.5. The number of sulfonamides is 1. The lowest BCUT2D eigenvalue weighted by molar-refractivity contribution is 0.388. The molecule has 136 valence electrons. The maximum absolute atomic E-state index is 12.5. The van der Waals surface area contributed by atoms with Gasteiger partial charge in [0.1, 0.15) is 0 Å². The van der Waals surface area contributed by atoms with E-state index in [1.165, 1.54) is 15.3 Å². The van der Waals surface area contributed by atoms with Crippen LogP contribution in [-0.2, 0) is 22.9 Å². The molecule has 2 aromatic rings. The van der Waals surface area contributed by atoms with Crippen molar-refractivity contribution in [1.29, 1.82) is 0 Å². The molecule has 1 saturated heterocycles. The summed E-state index contributed by atoms with van der Waals surface area (Å²) >= 11 is 0. The van der Waals surface area contributed by atoms with E-state index in [1.54, 1.807) is 6.08 Å². The molecule has 7 heteroatoms. The van der Waals surface area contributed by atoms with Crippen molar-refractivity contribution in [3.8, 4) is 0 Å². The molecule has 1 aliphatic heterocycles. The van der Waals surface area contributed by atoms with Gasteiger partial charge in [-0.05, 0) is 42.5 Å². The van der Waals surface area contributed by atoms with E-state index in [1.807, 2.05) is 30.3 Å². The van der Waals surface area contributed by atoms with Gasteiger partial charge in [-0.25, -0.2) is 8.42 Å². The molecule has 0 saturated carbocycles. The summed E-state index contributed by atoms with van der Waals surface area (Å²) in [6.07, 6.45) is 4.87. The average Bonchev–Trinajstić information content (AvgIpc) is 3.15. The minimum Gasteiger partial charge on any atom is -0.352 e. The van der Waals surface area contributed by atoms with Crippen LogP contribution in [-0.4, -0.2) is 49.1 Å². The first-order chi connectivity index (χ1) is 12.6. The molecule has 1 aromatic carbocycles. The highest BCUT2D eigenvalue weighted by molar-refractivity contribution is 7.92. The third-order valence-electron chi connectivity index (χ3n) is 4.96. The van der Waals surface area contributed by atoms with Crippen LogP contribution in [0.1, 0.15) is 23.2 Å². The van der Waals surface area contributed by atoms with Gasteiger partial charge in [-0.15, -0.1) is 5.10 Å². The predicted octanol–water partition coefficient (Wildman–Crippen LogP) is 2.09. The molecule has 0 radical (unpaired) electrons. The van der Waals surface area contributed by atoms with Gasteiger partial charge in [-0.3, -0.25) is 0 Å². The maximum atomic E-state index is 12.5. The van der Waals surface area contributed by atoms with Gasteiger partial charge in [-0.2, -0.15) is 9.40 Å². The smallest absolute Gasteiger partial charge is 0.236 e. The molecule has 4 rings (SSSR count). The molecule has 2 heterocycles. The summed E-state index contributed by atoms with van der Waals surface area (Å²) in [5, 5.41) is 9.96. The largest absolute Gasteiger partial charge is 0.352 e. The Bertz CT molecular complexity index is 904. The lowest BCUT2D eigenvalue weighted by Gasteiger charge is -2.33. The van der Waals surface area contributed by atoms with Crippen LogP contribution >= 0.6 is 0 Å². The molecule has 2 aliphatic rings. The quantitative estimate of drug-likeness (QED) is 0.824. The highest BCUT2D eigenvalue weighted by Gasteiger charge is 2.26. The van der Waals surface area contributed by atoms with E-state index >= 15 is 0 Å². The molecule has 0 spiro atoms. The van der Waals surface area contributed by atoms with Crippen LogP contribution in [0.3, 0.4) is 0 Å². The normalized spacial score (nSPS) is 18.4. The predicted molar refractivity (Wildman–Crippen MR) is 102 cm³/mol. The van der Waals surface area contributed by atoms with Crippen molar-refractivity contribution in [2.24, 2.45) is 0 Å². The van der Waals surface area contributed by atoms with Crippen LogP contribution in [0.2, 0.25) is 0 Å². The van der Waals surface area contributed by atoms with Crippen molar-refractivity contribution in [1.82, 2.24) is 14.5 Å². The molecule has 1 fully saturated rings. The van der Waals surface area contributed by atoms with Gasteiger partial charge in [0, 0.05) is 31.6 Å². The van der Waals surface area contributed by atoms with Crippen molar-refractivity contribution >= 4 is 21.9 Å². The Morgan fingerprint density at radius 1 is 0.962 bits per heavy atom. The minimum atomic E-state index is -3.41. The summed E-state index contributed by atoms with van der Waals surface area (Å²) < 4.78 is 26.6. The standard InChI is InChI=1S/C19H22N4O2S/c24-26(25,14-9-16-5-2-1-3-6-16)23-12-10-22(11-13-23)19-15-17-7-4-8-18(17)20-21-19/h1-3,5-6,9,14-15H,4,7-8,10-13H2/b14-9+. The molecule has 6 nitrogen and oxygen atoms in total. The van der Waals surface area contributed by atoms with Crippen LogP contribution in [0.4, 0.5) is 5.82 Å². The number of aromatic nitrogens is 2. The average molecular weight is 370 g/mol. The summed E-state index contributed by atoms with van der Waals surface area (Å²) in [6, 6.07) is 11.6. The van der Waals surface area contributed by atoms with Gasteiger partial charge in [0.05, 0.1) is 5.69 Å². The van der Waals surface area contributed by atoms with Crippen molar-refractivity contribution in [3.05, 3.63) is 58.6 Å². The van der Waals surface area contributed by atoms with Crippen LogP contribution in [0, 0.1) is 0 Å². The second kappa shape index (κ2) is 7.17. The lowest BCUT2D eigenvalue weighted by atomic mass is 10.2. The Morgan fingerprint density at radius 3 is 2.50 bits per heavy atom. The first kappa shape index (κ1) is 17.2. The molecular formula is C19H22N4O2S. The third kappa shape index (κ3) is 3.64. The SMILES string of the molecule is O=S(=O)(/C=C/c1ccccc1)N1CCN(c2cc3c(nn2)CCC3)CC1. The molecule has 1 aromatic heterocycles. The molecular weight excluding hydrogens is 348 g/mol. The summed E-state index contributed by atoms with van der Waals surface area (Å²) in [6.45, 7) is 2.18. The van der Waals surface area contributed by atoms with Crippen molar-refractivity contribution in [3.63, 3.8) is 0 Å². The Balaban J connectivity index is 1.40. The summed E-state index contributed by atoms with van der Waals surface area (Å²) in [4.78, 5) is 2.12. The number of hydrogen-bond donors (Lipinski definition) is 0. The fraction of sp³-hybridized carbons (Fsp3) is 0.368. The van der Waals surface area contributed by atoms with E-state index in [0.717, 1.165) is 36.3 Å². The number of aryl methyl sites for hydroxylation is 2. The second-order valence-corrected chi connectivity index (χ2v) is 8.49. The number of benzene rings is 1. The van der Waals surface area contributed by atoms with Gasteiger partial charge in [0.25, 0.3) is 0 Å². The van der Waals surface area contributed by atoms with Gasteiger partial charge in [0.2, 0.25) is 10.0 Å². The molecule has 0 N–H and O–H groups in total. The van der Waals surface area contributed by atoms with Gasteiger partial charge >= 0.3 is 0 Å². The van der Waals surface area contributed by atoms with E-state index in [4.69, 9.17) is 0 Å². The number of hydrogen-bond acceptors (Lipinski definition) is 5. The van der Waals surface area contributed by atoms with E-state index in [0.29, 0.717) is 26.2 Å². The number of nitrogens with zero attached hydrogens (tertiary/aromatic N) is 4. The highest BCUT2D eigenvalue weighted by Crippen LogP contribution is 2.23. The summed E-state index contributed by atoms with van der Waals surface area (Å²) in [5.74, 6) is 0.863.